The fraction of sp³-hybridized carbons (Fsp3) is 0.300. The van der Waals surface area contributed by atoms with Gasteiger partial charge in [0, 0.05) is 0 Å². The number of ether oxygens (including phenoxy) is 1. The summed E-state index contributed by atoms with van der Waals surface area (Å²) in [5.41, 5.74) is 0.246. The van der Waals surface area contributed by atoms with Crippen molar-refractivity contribution in [1.29, 1.82) is 5.26 Å². The predicted molar refractivity (Wildman–Crippen MR) is 49.7 cm³/mol. The van der Waals surface area contributed by atoms with Gasteiger partial charge in [-0.25, -0.2) is 0 Å². The Hall–Kier alpha value is -1.71. The molecule has 0 aliphatic carbocycles. The lowest BCUT2D eigenvalue weighted by atomic mass is 10.1. The second-order valence-electron chi connectivity index (χ2n) is 2.97. The molecule has 4 nitrogen and oxygen atoms in total. The van der Waals surface area contributed by atoms with Gasteiger partial charge in [0.15, 0.2) is 6.10 Å². The Kier molecular flexibility index (Phi) is 4.17. The molecule has 2 atom stereocenters. The van der Waals surface area contributed by atoms with Crippen LogP contribution in [0.15, 0.2) is 24.3 Å². The van der Waals surface area contributed by atoms with Gasteiger partial charge in [0.2, 0.25) is 0 Å². The summed E-state index contributed by atoms with van der Waals surface area (Å²) in [5, 5.41) is 26.8. The highest BCUT2D eigenvalue weighted by Gasteiger charge is 2.17. The van der Waals surface area contributed by atoms with Gasteiger partial charge in [-0.15, -0.1) is 0 Å². The summed E-state index contributed by atoms with van der Waals surface area (Å²) in [6.07, 6.45) is -2.92. The van der Waals surface area contributed by atoms with Gasteiger partial charge in [-0.05, 0) is 17.7 Å². The van der Waals surface area contributed by atoms with Crippen molar-refractivity contribution >= 4 is 0 Å². The van der Waals surface area contributed by atoms with E-state index in [1.165, 1.54) is 30.3 Å². The third-order valence-electron chi connectivity index (χ3n) is 1.88. The van der Waals surface area contributed by atoms with Gasteiger partial charge >= 0.3 is 6.61 Å². The lowest BCUT2D eigenvalue weighted by Gasteiger charge is -2.12. The second-order valence-corrected chi connectivity index (χ2v) is 2.97. The minimum absolute atomic E-state index is 0.0580. The molecule has 2 N–H and O–H groups in total. The molecule has 86 valence electrons. The van der Waals surface area contributed by atoms with Gasteiger partial charge in [0.1, 0.15) is 11.9 Å². The molecule has 0 saturated carbocycles. The molecule has 6 heteroatoms. The van der Waals surface area contributed by atoms with Crippen molar-refractivity contribution in [2.75, 3.05) is 0 Å². The molecule has 0 amide bonds. The first-order valence-corrected chi connectivity index (χ1v) is 4.35. The van der Waals surface area contributed by atoms with E-state index in [0.717, 1.165) is 0 Å². The van der Waals surface area contributed by atoms with Crippen LogP contribution >= 0.6 is 0 Å². The Labute approximate surface area is 90.3 Å². The van der Waals surface area contributed by atoms with E-state index in [2.05, 4.69) is 4.74 Å². The number of aliphatic hydroxyl groups excluding tert-OH is 2. The molecule has 2 unspecified atom stereocenters. The molecule has 16 heavy (non-hydrogen) atoms. The van der Waals surface area contributed by atoms with Crippen molar-refractivity contribution in [3.05, 3.63) is 29.8 Å². The molecule has 0 aliphatic rings. The number of rotatable bonds is 4. The van der Waals surface area contributed by atoms with E-state index in [1.54, 1.807) is 0 Å². The molecule has 1 rings (SSSR count). The van der Waals surface area contributed by atoms with E-state index >= 15 is 0 Å². The quantitative estimate of drug-likeness (QED) is 0.761. The summed E-state index contributed by atoms with van der Waals surface area (Å²) in [6.45, 7) is -2.92. The molecule has 0 radical (unpaired) electrons. The minimum Gasteiger partial charge on any atom is -0.435 e. The highest BCUT2D eigenvalue weighted by Crippen LogP contribution is 2.21. The average Bonchev–Trinajstić information content (AvgIpc) is 2.27. The zero-order valence-electron chi connectivity index (χ0n) is 8.05. The number of hydrogen-bond donors (Lipinski definition) is 2. The number of aliphatic hydroxyl groups is 2. The minimum atomic E-state index is -2.92. The molecule has 1 aromatic carbocycles. The first-order valence-electron chi connectivity index (χ1n) is 4.35. The van der Waals surface area contributed by atoms with Crippen LogP contribution in [0.25, 0.3) is 0 Å². The molecule has 0 spiro atoms. The number of halogens is 2. The maximum Gasteiger partial charge on any atom is 0.387 e. The third kappa shape index (κ3) is 3.15. The van der Waals surface area contributed by atoms with Crippen molar-refractivity contribution in [2.24, 2.45) is 0 Å². The summed E-state index contributed by atoms with van der Waals surface area (Å²) < 4.78 is 27.7. The van der Waals surface area contributed by atoms with Crippen LogP contribution in [-0.4, -0.2) is 22.9 Å². The Morgan fingerprint density at radius 1 is 1.19 bits per heavy atom. The maximum absolute atomic E-state index is 11.8. The van der Waals surface area contributed by atoms with Crippen LogP contribution in [0.4, 0.5) is 8.78 Å². The van der Waals surface area contributed by atoms with Crippen molar-refractivity contribution in [3.8, 4) is 11.8 Å². The summed E-state index contributed by atoms with van der Waals surface area (Å²) in [5.74, 6) is -0.0580. The first-order chi connectivity index (χ1) is 7.54. The van der Waals surface area contributed by atoms with Crippen LogP contribution in [0.3, 0.4) is 0 Å². The van der Waals surface area contributed by atoms with Gasteiger partial charge < -0.3 is 14.9 Å². The SMILES string of the molecule is N#CC(O)C(O)c1ccc(OC(F)F)cc1. The van der Waals surface area contributed by atoms with E-state index < -0.39 is 18.8 Å². The standard InChI is InChI=1S/C10H9F2NO3/c11-10(12)16-7-3-1-6(2-4-7)9(15)8(14)5-13/h1-4,8-10,14-15H. The number of alkyl halides is 2. The van der Waals surface area contributed by atoms with Crippen LogP contribution in [0.1, 0.15) is 11.7 Å². The summed E-state index contributed by atoms with van der Waals surface area (Å²) in [6, 6.07) is 6.49. The van der Waals surface area contributed by atoms with Crippen LogP contribution in [-0.2, 0) is 0 Å². The number of benzene rings is 1. The topological polar surface area (TPSA) is 73.5 Å². The van der Waals surface area contributed by atoms with E-state index in [4.69, 9.17) is 10.4 Å². The van der Waals surface area contributed by atoms with Gasteiger partial charge in [0.05, 0.1) is 6.07 Å². The molecule has 1 aromatic rings. The van der Waals surface area contributed by atoms with Crippen molar-refractivity contribution in [1.82, 2.24) is 0 Å². The number of nitriles is 1. The Bertz CT molecular complexity index is 375. The number of hydrogen-bond acceptors (Lipinski definition) is 4. The lowest BCUT2D eigenvalue weighted by molar-refractivity contribution is -0.0498. The monoisotopic (exact) mass is 229 g/mol. The van der Waals surface area contributed by atoms with Crippen molar-refractivity contribution in [2.45, 2.75) is 18.8 Å². The van der Waals surface area contributed by atoms with Gasteiger partial charge in [-0.2, -0.15) is 14.0 Å². The Balaban J connectivity index is 2.75. The molecule has 0 saturated heterocycles. The average molecular weight is 229 g/mol. The van der Waals surface area contributed by atoms with Crippen LogP contribution < -0.4 is 4.74 Å². The predicted octanol–water partition coefficient (Wildman–Crippen LogP) is 1.21. The third-order valence-corrected chi connectivity index (χ3v) is 1.88. The van der Waals surface area contributed by atoms with Crippen LogP contribution in [0.5, 0.6) is 5.75 Å². The van der Waals surface area contributed by atoms with E-state index in [1.807, 2.05) is 0 Å². The van der Waals surface area contributed by atoms with E-state index in [-0.39, 0.29) is 11.3 Å². The summed E-state index contributed by atoms with van der Waals surface area (Å²) in [4.78, 5) is 0. The fourth-order valence-corrected chi connectivity index (χ4v) is 1.10. The summed E-state index contributed by atoms with van der Waals surface area (Å²) in [7, 11) is 0. The summed E-state index contributed by atoms with van der Waals surface area (Å²) >= 11 is 0. The van der Waals surface area contributed by atoms with Crippen LogP contribution in [0, 0.1) is 11.3 Å². The molecule has 0 bridgehead atoms. The zero-order valence-corrected chi connectivity index (χ0v) is 8.05. The molecular weight excluding hydrogens is 220 g/mol. The Morgan fingerprint density at radius 3 is 2.19 bits per heavy atom. The lowest BCUT2D eigenvalue weighted by Crippen LogP contribution is -2.15. The molecule has 0 fully saturated rings. The van der Waals surface area contributed by atoms with E-state index in [9.17, 15) is 13.9 Å². The molecule has 0 aliphatic heterocycles. The first kappa shape index (κ1) is 12.4. The van der Waals surface area contributed by atoms with Crippen molar-refractivity contribution < 1.29 is 23.7 Å². The van der Waals surface area contributed by atoms with Crippen molar-refractivity contribution in [3.63, 3.8) is 0 Å². The molecular formula is C10H9F2NO3. The second kappa shape index (κ2) is 5.39. The number of nitrogens with zero attached hydrogens (tertiary/aromatic N) is 1. The maximum atomic E-state index is 11.8. The van der Waals surface area contributed by atoms with Gasteiger partial charge in [0.25, 0.3) is 0 Å². The normalized spacial score (nSPS) is 14.2. The highest BCUT2D eigenvalue weighted by molar-refractivity contribution is 5.29. The molecule has 0 heterocycles. The van der Waals surface area contributed by atoms with Crippen LogP contribution in [0.2, 0.25) is 0 Å². The molecule has 0 aromatic heterocycles. The van der Waals surface area contributed by atoms with Gasteiger partial charge in [-0.1, -0.05) is 12.1 Å². The van der Waals surface area contributed by atoms with E-state index in [0.29, 0.717) is 0 Å². The smallest absolute Gasteiger partial charge is 0.387 e. The zero-order chi connectivity index (χ0) is 12.1. The fourth-order valence-electron chi connectivity index (χ4n) is 1.10. The Morgan fingerprint density at radius 2 is 1.75 bits per heavy atom. The highest BCUT2D eigenvalue weighted by atomic mass is 19.3. The van der Waals surface area contributed by atoms with Gasteiger partial charge in [-0.3, -0.25) is 0 Å². The largest absolute Gasteiger partial charge is 0.435 e.